The first-order chi connectivity index (χ1) is 9.93. The molecule has 21 heavy (non-hydrogen) atoms. The van der Waals surface area contributed by atoms with Gasteiger partial charge in [0.1, 0.15) is 17.5 Å². The van der Waals surface area contributed by atoms with Crippen LogP contribution in [0.15, 0.2) is 36.4 Å². The predicted octanol–water partition coefficient (Wildman–Crippen LogP) is 3.53. The maximum absolute atomic E-state index is 13.8. The van der Waals surface area contributed by atoms with Crippen LogP contribution < -0.4 is 5.73 Å². The van der Waals surface area contributed by atoms with Gasteiger partial charge in [-0.2, -0.15) is 0 Å². The van der Waals surface area contributed by atoms with Gasteiger partial charge in [0.25, 0.3) is 0 Å². The average Bonchev–Trinajstić information content (AvgIpc) is 2.44. The van der Waals surface area contributed by atoms with E-state index in [1.165, 1.54) is 18.2 Å². The number of aliphatic hydroxyl groups excluding tert-OH is 1. The molecule has 2 unspecified atom stereocenters. The molecule has 6 heteroatoms. The lowest BCUT2D eigenvalue weighted by Crippen LogP contribution is -2.21. The topological polar surface area (TPSA) is 46.2 Å². The smallest absolute Gasteiger partial charge is 0.141 e. The molecule has 0 spiro atoms. The summed E-state index contributed by atoms with van der Waals surface area (Å²) in [6, 6.07) is 6.75. The fraction of sp³-hybridized carbons (Fsp3) is 0.200. The Morgan fingerprint density at radius 1 is 1.05 bits per heavy atom. The molecule has 2 atom stereocenters. The Bertz CT molecular complexity index is 651. The third kappa shape index (κ3) is 3.37. The van der Waals surface area contributed by atoms with Crippen LogP contribution in [0.4, 0.5) is 13.2 Å². The lowest BCUT2D eigenvalue weighted by molar-refractivity contribution is 0.145. The zero-order chi connectivity index (χ0) is 15.6. The highest BCUT2D eigenvalue weighted by Gasteiger charge is 2.25. The summed E-state index contributed by atoms with van der Waals surface area (Å²) in [6.07, 6.45) is -1.19. The Morgan fingerprint density at radius 3 is 2.33 bits per heavy atom. The van der Waals surface area contributed by atoms with Crippen LogP contribution in [0, 0.1) is 17.5 Å². The Hall–Kier alpha value is -1.56. The summed E-state index contributed by atoms with van der Waals surface area (Å²) in [6.45, 7) is -0.0707. The zero-order valence-electron chi connectivity index (χ0n) is 10.9. The lowest BCUT2D eigenvalue weighted by atomic mass is 9.89. The highest BCUT2D eigenvalue weighted by atomic mass is 35.5. The summed E-state index contributed by atoms with van der Waals surface area (Å²) < 4.78 is 39.9. The molecule has 0 heterocycles. The average molecular weight is 316 g/mol. The molecule has 2 aromatic rings. The summed E-state index contributed by atoms with van der Waals surface area (Å²) in [7, 11) is 0. The normalized spacial score (nSPS) is 14.0. The monoisotopic (exact) mass is 315 g/mol. The Morgan fingerprint density at radius 2 is 1.76 bits per heavy atom. The maximum atomic E-state index is 13.8. The molecule has 0 saturated heterocycles. The van der Waals surface area contributed by atoms with E-state index in [1.54, 1.807) is 0 Å². The van der Waals surface area contributed by atoms with Gasteiger partial charge in [0.05, 0.1) is 11.1 Å². The van der Waals surface area contributed by atoms with Crippen LogP contribution in [0.2, 0.25) is 5.02 Å². The molecule has 112 valence electrons. The molecule has 0 radical (unpaired) electrons. The molecule has 0 aliphatic heterocycles. The first kappa shape index (κ1) is 15.8. The first-order valence-electron chi connectivity index (χ1n) is 6.22. The van der Waals surface area contributed by atoms with Crippen molar-refractivity contribution in [3.05, 3.63) is 70.0 Å². The lowest BCUT2D eigenvalue weighted by Gasteiger charge is -2.23. The van der Waals surface area contributed by atoms with Crippen LogP contribution in [0.3, 0.4) is 0 Å². The van der Waals surface area contributed by atoms with Gasteiger partial charge in [0.2, 0.25) is 0 Å². The van der Waals surface area contributed by atoms with Crippen LogP contribution in [0.5, 0.6) is 0 Å². The summed E-state index contributed by atoms with van der Waals surface area (Å²) >= 11 is 5.66. The number of nitrogens with two attached hydrogens (primary N) is 1. The molecule has 0 saturated carbocycles. The van der Waals surface area contributed by atoms with Crippen molar-refractivity contribution in [2.75, 3.05) is 6.54 Å². The Labute approximate surface area is 125 Å². The van der Waals surface area contributed by atoms with E-state index >= 15 is 0 Å². The molecule has 0 fully saturated rings. The number of hydrogen-bond donors (Lipinski definition) is 2. The van der Waals surface area contributed by atoms with Gasteiger partial charge in [-0.3, -0.25) is 0 Å². The van der Waals surface area contributed by atoms with E-state index < -0.39 is 29.5 Å². The summed E-state index contributed by atoms with van der Waals surface area (Å²) in [5.41, 5.74) is 5.99. The SMILES string of the molecule is NCC(c1ccc(F)cc1F)C(O)c1ccc(F)c(Cl)c1. The number of benzene rings is 2. The number of rotatable bonds is 4. The highest BCUT2D eigenvalue weighted by Crippen LogP contribution is 2.33. The van der Waals surface area contributed by atoms with Gasteiger partial charge in [-0.1, -0.05) is 23.7 Å². The molecule has 0 aliphatic carbocycles. The second-order valence-electron chi connectivity index (χ2n) is 4.63. The largest absolute Gasteiger partial charge is 0.388 e. The highest BCUT2D eigenvalue weighted by molar-refractivity contribution is 6.30. The standard InChI is InChI=1S/C15H13ClF3NO/c16-12-5-8(1-4-13(12)18)15(21)11(7-20)10-3-2-9(17)6-14(10)19/h1-6,11,15,21H,7,20H2. The zero-order valence-corrected chi connectivity index (χ0v) is 11.6. The van der Waals surface area contributed by atoms with Gasteiger partial charge in [0.15, 0.2) is 0 Å². The van der Waals surface area contributed by atoms with Crippen LogP contribution >= 0.6 is 11.6 Å². The Kier molecular flexibility index (Phi) is 4.88. The van der Waals surface area contributed by atoms with Gasteiger partial charge in [-0.05, 0) is 29.3 Å². The molecule has 0 bridgehead atoms. The molecule has 2 nitrogen and oxygen atoms in total. The van der Waals surface area contributed by atoms with Gasteiger partial charge < -0.3 is 10.8 Å². The van der Waals surface area contributed by atoms with Crippen molar-refractivity contribution in [3.8, 4) is 0 Å². The minimum atomic E-state index is -1.19. The van der Waals surface area contributed by atoms with Crippen molar-refractivity contribution >= 4 is 11.6 Å². The maximum Gasteiger partial charge on any atom is 0.141 e. The van der Waals surface area contributed by atoms with Gasteiger partial charge in [-0.15, -0.1) is 0 Å². The van der Waals surface area contributed by atoms with Crippen molar-refractivity contribution in [2.24, 2.45) is 5.73 Å². The molecule has 0 amide bonds. The van der Waals surface area contributed by atoms with E-state index in [0.29, 0.717) is 5.56 Å². The fourth-order valence-corrected chi connectivity index (χ4v) is 2.35. The second kappa shape index (κ2) is 6.47. The second-order valence-corrected chi connectivity index (χ2v) is 5.03. The molecule has 0 aromatic heterocycles. The molecular weight excluding hydrogens is 303 g/mol. The third-order valence-corrected chi connectivity index (χ3v) is 3.57. The van der Waals surface area contributed by atoms with Crippen LogP contribution in [0.1, 0.15) is 23.1 Å². The number of aliphatic hydroxyl groups is 1. The minimum absolute atomic E-state index is 0.0707. The van der Waals surface area contributed by atoms with Crippen molar-refractivity contribution in [1.29, 1.82) is 0 Å². The summed E-state index contributed by atoms with van der Waals surface area (Å²) in [5, 5.41) is 10.2. The van der Waals surface area contributed by atoms with Crippen LogP contribution in [0.25, 0.3) is 0 Å². The predicted molar refractivity (Wildman–Crippen MR) is 74.5 cm³/mol. The van der Waals surface area contributed by atoms with Crippen molar-refractivity contribution in [3.63, 3.8) is 0 Å². The van der Waals surface area contributed by atoms with Gasteiger partial charge in [-0.25, -0.2) is 13.2 Å². The summed E-state index contributed by atoms with van der Waals surface area (Å²) in [4.78, 5) is 0. The van der Waals surface area contributed by atoms with E-state index in [2.05, 4.69) is 0 Å². The van der Waals surface area contributed by atoms with Crippen molar-refractivity contribution in [1.82, 2.24) is 0 Å². The van der Waals surface area contributed by atoms with E-state index in [9.17, 15) is 18.3 Å². The quantitative estimate of drug-likeness (QED) is 0.906. The third-order valence-electron chi connectivity index (χ3n) is 3.28. The number of hydrogen-bond acceptors (Lipinski definition) is 2. The van der Waals surface area contributed by atoms with Gasteiger partial charge >= 0.3 is 0 Å². The Balaban J connectivity index is 2.37. The van der Waals surface area contributed by atoms with Crippen LogP contribution in [-0.2, 0) is 0 Å². The van der Waals surface area contributed by atoms with Crippen molar-refractivity contribution < 1.29 is 18.3 Å². The van der Waals surface area contributed by atoms with Crippen LogP contribution in [-0.4, -0.2) is 11.7 Å². The molecular formula is C15H13ClF3NO. The summed E-state index contributed by atoms with van der Waals surface area (Å²) in [5.74, 6) is -2.93. The number of halogens is 4. The molecule has 2 rings (SSSR count). The van der Waals surface area contributed by atoms with E-state index in [4.69, 9.17) is 17.3 Å². The van der Waals surface area contributed by atoms with E-state index in [1.807, 2.05) is 0 Å². The molecule has 0 aliphatic rings. The van der Waals surface area contributed by atoms with Crippen molar-refractivity contribution in [2.45, 2.75) is 12.0 Å². The van der Waals surface area contributed by atoms with E-state index in [-0.39, 0.29) is 17.1 Å². The fourth-order valence-electron chi connectivity index (χ4n) is 2.16. The minimum Gasteiger partial charge on any atom is -0.388 e. The molecule has 2 aromatic carbocycles. The molecule has 3 N–H and O–H groups in total. The first-order valence-corrected chi connectivity index (χ1v) is 6.60. The van der Waals surface area contributed by atoms with E-state index in [0.717, 1.165) is 18.2 Å². The van der Waals surface area contributed by atoms with Gasteiger partial charge in [0, 0.05) is 18.5 Å².